The van der Waals surface area contributed by atoms with Gasteiger partial charge < -0.3 is 10.1 Å². The number of carbonyl (C=O) groups excluding carboxylic acids is 1. The minimum absolute atomic E-state index is 0.0273. The summed E-state index contributed by atoms with van der Waals surface area (Å²) in [4.78, 5) is 22.2. The Labute approximate surface area is 180 Å². The van der Waals surface area contributed by atoms with E-state index in [4.69, 9.17) is 4.74 Å². The SMILES string of the molecule is Cc1ccc(-c2csc3ncnc(OCC(=O)N[C@@H](C)[C@H]4C[C@@H]5CC[C@@H]4C5)c23)cc1. The third kappa shape index (κ3) is 3.69. The molecule has 3 aromatic rings. The van der Waals surface area contributed by atoms with E-state index in [-0.39, 0.29) is 18.6 Å². The lowest BCUT2D eigenvalue weighted by Gasteiger charge is -2.28. The van der Waals surface area contributed by atoms with Gasteiger partial charge in [-0.3, -0.25) is 4.79 Å². The number of rotatable bonds is 6. The number of aryl methyl sites for hydroxylation is 1. The first-order valence-electron chi connectivity index (χ1n) is 10.8. The fourth-order valence-corrected chi connectivity index (χ4v) is 6.25. The van der Waals surface area contributed by atoms with Gasteiger partial charge in [-0.2, -0.15) is 0 Å². The quantitative estimate of drug-likeness (QED) is 0.609. The van der Waals surface area contributed by atoms with Crippen LogP contribution in [0.4, 0.5) is 0 Å². The zero-order valence-electron chi connectivity index (χ0n) is 17.4. The minimum Gasteiger partial charge on any atom is -0.467 e. The Hall–Kier alpha value is -2.47. The summed E-state index contributed by atoms with van der Waals surface area (Å²) in [6.45, 7) is 4.18. The molecule has 0 unspecified atom stereocenters. The molecule has 2 heterocycles. The molecule has 1 N–H and O–H groups in total. The van der Waals surface area contributed by atoms with Gasteiger partial charge in [0.25, 0.3) is 5.91 Å². The van der Waals surface area contributed by atoms with Crippen molar-refractivity contribution >= 4 is 27.5 Å². The Morgan fingerprint density at radius 2 is 2.07 bits per heavy atom. The van der Waals surface area contributed by atoms with Gasteiger partial charge in [-0.25, -0.2) is 9.97 Å². The van der Waals surface area contributed by atoms with Crippen LogP contribution in [-0.4, -0.2) is 28.5 Å². The van der Waals surface area contributed by atoms with Crippen LogP contribution in [0.25, 0.3) is 21.3 Å². The van der Waals surface area contributed by atoms with E-state index in [1.807, 2.05) is 0 Å². The number of aromatic nitrogens is 2. The number of fused-ring (bicyclic) bond motifs is 3. The van der Waals surface area contributed by atoms with E-state index in [0.29, 0.717) is 11.8 Å². The topological polar surface area (TPSA) is 64.1 Å². The normalized spacial score (nSPS) is 23.6. The second-order valence-corrected chi connectivity index (χ2v) is 9.72. The number of thiophene rings is 1. The van der Waals surface area contributed by atoms with Crippen molar-refractivity contribution in [3.05, 3.63) is 41.5 Å². The predicted molar refractivity (Wildman–Crippen MR) is 120 cm³/mol. The van der Waals surface area contributed by atoms with Gasteiger partial charge in [-0.05, 0) is 56.4 Å². The van der Waals surface area contributed by atoms with Crippen molar-refractivity contribution in [2.24, 2.45) is 17.8 Å². The Bertz CT molecular complexity index is 1060. The molecule has 1 amide bonds. The molecule has 30 heavy (non-hydrogen) atoms. The molecule has 2 aliphatic carbocycles. The van der Waals surface area contributed by atoms with Crippen LogP contribution in [0.2, 0.25) is 0 Å². The van der Waals surface area contributed by atoms with E-state index in [2.05, 4.69) is 58.8 Å². The fourth-order valence-electron chi connectivity index (χ4n) is 5.35. The molecule has 4 atom stereocenters. The third-order valence-electron chi connectivity index (χ3n) is 6.86. The maximum atomic E-state index is 12.6. The number of amides is 1. The molecule has 5 nitrogen and oxygen atoms in total. The number of hydrogen-bond acceptors (Lipinski definition) is 5. The molecule has 156 valence electrons. The van der Waals surface area contributed by atoms with Crippen LogP contribution < -0.4 is 10.1 Å². The molecule has 1 aromatic carbocycles. The maximum Gasteiger partial charge on any atom is 0.258 e. The van der Waals surface area contributed by atoms with Gasteiger partial charge in [-0.15, -0.1) is 11.3 Å². The zero-order valence-corrected chi connectivity index (χ0v) is 18.2. The lowest BCUT2D eigenvalue weighted by atomic mass is 9.84. The average Bonchev–Trinajstić information content (AvgIpc) is 3.48. The molecule has 0 radical (unpaired) electrons. The van der Waals surface area contributed by atoms with Crippen LogP contribution >= 0.6 is 11.3 Å². The van der Waals surface area contributed by atoms with Crippen LogP contribution in [0.15, 0.2) is 36.0 Å². The third-order valence-corrected chi connectivity index (χ3v) is 7.75. The van der Waals surface area contributed by atoms with E-state index in [9.17, 15) is 4.79 Å². The molecule has 2 bridgehead atoms. The predicted octanol–water partition coefficient (Wildman–Crippen LogP) is 4.99. The van der Waals surface area contributed by atoms with E-state index in [1.165, 1.54) is 37.6 Å². The molecule has 5 rings (SSSR count). The highest BCUT2D eigenvalue weighted by Gasteiger charge is 2.42. The number of nitrogens with one attached hydrogen (secondary N) is 1. The number of nitrogens with zero attached hydrogens (tertiary/aromatic N) is 2. The number of ether oxygens (including phenoxy) is 1. The highest BCUT2D eigenvalue weighted by molar-refractivity contribution is 7.17. The van der Waals surface area contributed by atoms with Crippen LogP contribution in [0.5, 0.6) is 5.88 Å². The first kappa shape index (κ1) is 19.5. The van der Waals surface area contributed by atoms with Crippen molar-refractivity contribution in [2.75, 3.05) is 6.61 Å². The van der Waals surface area contributed by atoms with Crippen molar-refractivity contribution in [1.82, 2.24) is 15.3 Å². The Kier molecular flexibility index (Phi) is 5.19. The van der Waals surface area contributed by atoms with Gasteiger partial charge in [-0.1, -0.05) is 36.2 Å². The lowest BCUT2D eigenvalue weighted by molar-refractivity contribution is -0.124. The molecular weight excluding hydrogens is 394 g/mol. The van der Waals surface area contributed by atoms with Crippen molar-refractivity contribution in [3.8, 4) is 17.0 Å². The smallest absolute Gasteiger partial charge is 0.258 e. The summed E-state index contributed by atoms with van der Waals surface area (Å²) in [7, 11) is 0. The minimum atomic E-state index is -0.0795. The van der Waals surface area contributed by atoms with Crippen molar-refractivity contribution in [2.45, 2.75) is 45.6 Å². The Morgan fingerprint density at radius 1 is 1.23 bits per heavy atom. The Morgan fingerprint density at radius 3 is 2.80 bits per heavy atom. The molecular formula is C24H27N3O2S. The molecule has 2 aliphatic rings. The van der Waals surface area contributed by atoms with Gasteiger partial charge in [0.2, 0.25) is 5.88 Å². The fraction of sp³-hybridized carbons (Fsp3) is 0.458. The molecule has 0 saturated heterocycles. The van der Waals surface area contributed by atoms with Gasteiger partial charge in [0.1, 0.15) is 11.2 Å². The highest BCUT2D eigenvalue weighted by atomic mass is 32.1. The lowest BCUT2D eigenvalue weighted by Crippen LogP contribution is -2.42. The van der Waals surface area contributed by atoms with Crippen LogP contribution in [0.3, 0.4) is 0 Å². The van der Waals surface area contributed by atoms with E-state index < -0.39 is 0 Å². The van der Waals surface area contributed by atoms with E-state index in [1.54, 1.807) is 11.3 Å². The molecule has 0 spiro atoms. The van der Waals surface area contributed by atoms with Crippen LogP contribution in [0.1, 0.15) is 38.2 Å². The summed E-state index contributed by atoms with van der Waals surface area (Å²) in [5, 5.41) is 6.12. The molecule has 2 aromatic heterocycles. The number of carbonyl (C=O) groups is 1. The van der Waals surface area contributed by atoms with Gasteiger partial charge in [0, 0.05) is 17.0 Å². The van der Waals surface area contributed by atoms with Gasteiger partial charge in [0.05, 0.1) is 5.39 Å². The van der Waals surface area contributed by atoms with Crippen molar-refractivity contribution < 1.29 is 9.53 Å². The van der Waals surface area contributed by atoms with Crippen molar-refractivity contribution in [1.29, 1.82) is 0 Å². The molecule has 2 saturated carbocycles. The van der Waals surface area contributed by atoms with Crippen molar-refractivity contribution in [3.63, 3.8) is 0 Å². The highest BCUT2D eigenvalue weighted by Crippen LogP contribution is 2.49. The molecule has 0 aliphatic heterocycles. The van der Waals surface area contributed by atoms with Crippen LogP contribution in [0, 0.1) is 24.7 Å². The van der Waals surface area contributed by atoms with Crippen LogP contribution in [-0.2, 0) is 4.79 Å². The standard InChI is InChI=1S/C24H27N3O2S/c1-14-3-6-17(7-4-14)20-12-30-24-22(20)23(25-13-26-24)29-11-21(28)27-15(2)19-10-16-5-8-18(19)9-16/h3-4,6-7,12-13,15-16,18-19H,5,8-11H2,1-2H3,(H,27,28)/t15-,16+,18+,19+/m0/s1. The summed E-state index contributed by atoms with van der Waals surface area (Å²) >= 11 is 1.56. The zero-order chi connectivity index (χ0) is 20.7. The monoisotopic (exact) mass is 421 g/mol. The summed E-state index contributed by atoms with van der Waals surface area (Å²) in [5.74, 6) is 2.67. The van der Waals surface area contributed by atoms with Gasteiger partial charge in [0.15, 0.2) is 6.61 Å². The maximum absolute atomic E-state index is 12.6. The average molecular weight is 422 g/mol. The number of hydrogen-bond donors (Lipinski definition) is 1. The first-order valence-corrected chi connectivity index (χ1v) is 11.7. The Balaban J connectivity index is 1.29. The second kappa shape index (κ2) is 7.99. The first-order chi connectivity index (χ1) is 14.6. The summed E-state index contributed by atoms with van der Waals surface area (Å²) < 4.78 is 5.89. The summed E-state index contributed by atoms with van der Waals surface area (Å²) in [6.07, 6.45) is 6.81. The van der Waals surface area contributed by atoms with Gasteiger partial charge >= 0.3 is 0 Å². The number of benzene rings is 1. The summed E-state index contributed by atoms with van der Waals surface area (Å²) in [5.41, 5.74) is 3.36. The second-order valence-electron chi connectivity index (χ2n) is 8.86. The summed E-state index contributed by atoms with van der Waals surface area (Å²) in [6, 6.07) is 8.57. The van der Waals surface area contributed by atoms with E-state index >= 15 is 0 Å². The largest absolute Gasteiger partial charge is 0.467 e. The molecule has 6 heteroatoms. The molecule has 2 fully saturated rings. The van der Waals surface area contributed by atoms with E-state index in [0.717, 1.165) is 33.2 Å².